The maximum Gasteiger partial charge on any atom is 0.164 e. The SMILES string of the molecule is CCOc1c(CC(CN)c2cn(C)c3ccccc23)cccc1OC. The van der Waals surface area contributed by atoms with Crippen LogP contribution in [-0.2, 0) is 13.5 Å². The smallest absolute Gasteiger partial charge is 0.164 e. The van der Waals surface area contributed by atoms with Gasteiger partial charge in [0.2, 0.25) is 0 Å². The van der Waals surface area contributed by atoms with Crippen LogP contribution in [0, 0.1) is 0 Å². The molecule has 0 saturated heterocycles. The zero-order chi connectivity index (χ0) is 17.8. The van der Waals surface area contributed by atoms with Crippen molar-refractivity contribution < 1.29 is 9.47 Å². The van der Waals surface area contributed by atoms with E-state index in [1.54, 1.807) is 7.11 Å². The highest BCUT2D eigenvalue weighted by Crippen LogP contribution is 2.36. The fourth-order valence-electron chi connectivity index (χ4n) is 3.47. The van der Waals surface area contributed by atoms with Gasteiger partial charge in [-0.15, -0.1) is 0 Å². The van der Waals surface area contributed by atoms with E-state index in [1.807, 2.05) is 19.1 Å². The Hall–Kier alpha value is -2.46. The third-order valence-corrected chi connectivity index (χ3v) is 4.69. The van der Waals surface area contributed by atoms with Crippen molar-refractivity contribution in [2.75, 3.05) is 20.3 Å². The van der Waals surface area contributed by atoms with Crippen LogP contribution in [0.15, 0.2) is 48.7 Å². The topological polar surface area (TPSA) is 49.4 Å². The predicted molar refractivity (Wildman–Crippen MR) is 103 cm³/mol. The Morgan fingerprint density at radius 3 is 2.64 bits per heavy atom. The van der Waals surface area contributed by atoms with Gasteiger partial charge in [-0.2, -0.15) is 0 Å². The molecule has 0 radical (unpaired) electrons. The van der Waals surface area contributed by atoms with Crippen molar-refractivity contribution >= 4 is 10.9 Å². The van der Waals surface area contributed by atoms with E-state index < -0.39 is 0 Å². The Kier molecular flexibility index (Phi) is 5.29. The van der Waals surface area contributed by atoms with Crippen LogP contribution >= 0.6 is 0 Å². The Bertz CT molecular complexity index is 854. The molecule has 0 bridgehead atoms. The van der Waals surface area contributed by atoms with Crippen LogP contribution in [0.5, 0.6) is 11.5 Å². The first kappa shape index (κ1) is 17.4. The molecule has 1 atom stereocenters. The first-order valence-electron chi connectivity index (χ1n) is 8.72. The zero-order valence-electron chi connectivity index (χ0n) is 15.2. The van der Waals surface area contributed by atoms with E-state index in [1.165, 1.54) is 16.5 Å². The van der Waals surface area contributed by atoms with Gasteiger partial charge in [0.25, 0.3) is 0 Å². The molecule has 0 fully saturated rings. The van der Waals surface area contributed by atoms with Crippen LogP contribution in [-0.4, -0.2) is 24.8 Å². The van der Waals surface area contributed by atoms with E-state index in [0.717, 1.165) is 23.5 Å². The molecule has 0 aliphatic heterocycles. The van der Waals surface area contributed by atoms with Gasteiger partial charge in [0.05, 0.1) is 13.7 Å². The van der Waals surface area contributed by atoms with E-state index >= 15 is 0 Å². The lowest BCUT2D eigenvalue weighted by atomic mass is 9.91. The summed E-state index contributed by atoms with van der Waals surface area (Å²) in [6.45, 7) is 3.17. The predicted octanol–water partition coefficient (Wildman–Crippen LogP) is 3.87. The Morgan fingerprint density at radius 2 is 1.92 bits per heavy atom. The maximum absolute atomic E-state index is 6.17. The lowest BCUT2D eigenvalue weighted by Gasteiger charge is -2.19. The second-order valence-corrected chi connectivity index (χ2v) is 6.23. The van der Waals surface area contributed by atoms with Gasteiger partial charge in [0.15, 0.2) is 11.5 Å². The van der Waals surface area contributed by atoms with Crippen LogP contribution in [0.3, 0.4) is 0 Å². The summed E-state index contributed by atoms with van der Waals surface area (Å²) in [5.41, 5.74) is 9.81. The van der Waals surface area contributed by atoms with Crippen LogP contribution in [0.2, 0.25) is 0 Å². The summed E-state index contributed by atoms with van der Waals surface area (Å²) in [5, 5.41) is 1.27. The Morgan fingerprint density at radius 1 is 1.12 bits per heavy atom. The largest absolute Gasteiger partial charge is 0.493 e. The average molecular weight is 338 g/mol. The van der Waals surface area contributed by atoms with Gasteiger partial charge in [-0.05, 0) is 43.1 Å². The quantitative estimate of drug-likeness (QED) is 0.711. The number of para-hydroxylation sites is 2. The first-order valence-corrected chi connectivity index (χ1v) is 8.72. The Labute approximate surface area is 149 Å². The van der Waals surface area contributed by atoms with Gasteiger partial charge in [0.1, 0.15) is 0 Å². The number of nitrogens with zero attached hydrogens (tertiary/aromatic N) is 1. The van der Waals surface area contributed by atoms with Gasteiger partial charge in [-0.3, -0.25) is 0 Å². The molecule has 1 heterocycles. The highest BCUT2D eigenvalue weighted by Gasteiger charge is 2.19. The number of hydrogen-bond acceptors (Lipinski definition) is 3. The van der Waals surface area contributed by atoms with Gasteiger partial charge in [0, 0.05) is 30.1 Å². The second kappa shape index (κ2) is 7.62. The number of aryl methyl sites for hydroxylation is 1. The molecule has 3 rings (SSSR count). The molecule has 0 saturated carbocycles. The van der Waals surface area contributed by atoms with Gasteiger partial charge >= 0.3 is 0 Å². The van der Waals surface area contributed by atoms with Crippen LogP contribution in [0.1, 0.15) is 24.0 Å². The number of methoxy groups -OCH3 is 1. The molecule has 0 spiro atoms. The molecule has 2 aromatic carbocycles. The van der Waals surface area contributed by atoms with Crippen molar-refractivity contribution in [3.63, 3.8) is 0 Å². The molecule has 1 unspecified atom stereocenters. The molecule has 4 nitrogen and oxygen atoms in total. The second-order valence-electron chi connectivity index (χ2n) is 6.23. The van der Waals surface area contributed by atoms with Gasteiger partial charge in [-0.25, -0.2) is 0 Å². The number of ether oxygens (including phenoxy) is 2. The van der Waals surface area contributed by atoms with E-state index in [4.69, 9.17) is 15.2 Å². The van der Waals surface area contributed by atoms with E-state index in [0.29, 0.717) is 13.2 Å². The maximum atomic E-state index is 6.17. The monoisotopic (exact) mass is 338 g/mol. The minimum atomic E-state index is 0.220. The number of rotatable bonds is 7. The molecule has 3 aromatic rings. The lowest BCUT2D eigenvalue weighted by molar-refractivity contribution is 0.307. The van der Waals surface area contributed by atoms with Crippen molar-refractivity contribution in [1.29, 1.82) is 0 Å². The van der Waals surface area contributed by atoms with Gasteiger partial charge in [-0.1, -0.05) is 30.3 Å². The summed E-state index contributed by atoms with van der Waals surface area (Å²) in [6, 6.07) is 14.5. The average Bonchev–Trinajstić information content (AvgIpc) is 2.98. The minimum absolute atomic E-state index is 0.220. The summed E-state index contributed by atoms with van der Waals surface area (Å²) in [6.07, 6.45) is 3.01. The molecule has 25 heavy (non-hydrogen) atoms. The minimum Gasteiger partial charge on any atom is -0.493 e. The molecule has 2 N–H and O–H groups in total. The number of aromatic nitrogens is 1. The Balaban J connectivity index is 2.00. The van der Waals surface area contributed by atoms with Crippen molar-refractivity contribution in [1.82, 2.24) is 4.57 Å². The zero-order valence-corrected chi connectivity index (χ0v) is 15.2. The molecular weight excluding hydrogens is 312 g/mol. The number of fused-ring (bicyclic) bond motifs is 1. The molecule has 0 amide bonds. The van der Waals surface area contributed by atoms with Crippen molar-refractivity contribution in [3.8, 4) is 11.5 Å². The van der Waals surface area contributed by atoms with Crippen LogP contribution in [0.25, 0.3) is 10.9 Å². The highest BCUT2D eigenvalue weighted by atomic mass is 16.5. The van der Waals surface area contributed by atoms with E-state index in [2.05, 4.69) is 48.1 Å². The molecule has 132 valence electrons. The molecular formula is C21H26N2O2. The summed E-state index contributed by atoms with van der Waals surface area (Å²) in [7, 11) is 3.75. The third kappa shape index (κ3) is 3.35. The summed E-state index contributed by atoms with van der Waals surface area (Å²) in [4.78, 5) is 0. The van der Waals surface area contributed by atoms with E-state index in [-0.39, 0.29) is 5.92 Å². The van der Waals surface area contributed by atoms with Crippen LogP contribution < -0.4 is 15.2 Å². The third-order valence-electron chi connectivity index (χ3n) is 4.69. The molecule has 4 heteroatoms. The fraction of sp³-hybridized carbons (Fsp3) is 0.333. The molecule has 0 aliphatic rings. The van der Waals surface area contributed by atoms with Gasteiger partial charge < -0.3 is 19.8 Å². The highest BCUT2D eigenvalue weighted by molar-refractivity contribution is 5.84. The van der Waals surface area contributed by atoms with Crippen molar-refractivity contribution in [2.24, 2.45) is 12.8 Å². The normalized spacial score (nSPS) is 12.3. The first-order chi connectivity index (χ1) is 12.2. The van der Waals surface area contributed by atoms with E-state index in [9.17, 15) is 0 Å². The fourth-order valence-corrected chi connectivity index (χ4v) is 3.47. The number of nitrogens with two attached hydrogens (primary N) is 1. The summed E-state index contributed by atoms with van der Waals surface area (Å²) < 4.78 is 13.5. The van der Waals surface area contributed by atoms with Crippen LogP contribution in [0.4, 0.5) is 0 Å². The lowest BCUT2D eigenvalue weighted by Crippen LogP contribution is -2.15. The molecule has 0 aliphatic carbocycles. The van der Waals surface area contributed by atoms with Crippen molar-refractivity contribution in [3.05, 3.63) is 59.8 Å². The van der Waals surface area contributed by atoms with Crippen molar-refractivity contribution in [2.45, 2.75) is 19.3 Å². The number of hydrogen-bond donors (Lipinski definition) is 1. The summed E-state index contributed by atoms with van der Waals surface area (Å²) in [5.74, 6) is 1.82. The number of benzene rings is 2. The standard InChI is InChI=1S/C21H26N2O2/c1-4-25-21-15(8-7-11-20(21)24-3)12-16(13-22)18-14-23(2)19-10-6-5-9-17(18)19/h5-11,14,16H,4,12-13,22H2,1-3H3. The summed E-state index contributed by atoms with van der Waals surface area (Å²) >= 11 is 0. The molecule has 1 aromatic heterocycles.